The van der Waals surface area contributed by atoms with Crippen molar-refractivity contribution in [3.05, 3.63) is 12.2 Å². The topological polar surface area (TPSA) is 9.23 Å². The summed E-state index contributed by atoms with van der Waals surface area (Å²) in [5, 5.41) is 0. The van der Waals surface area contributed by atoms with Gasteiger partial charge in [0.05, 0.1) is 6.61 Å². The molecule has 0 bridgehead atoms. The zero-order chi connectivity index (χ0) is 9.78. The molecule has 0 radical (unpaired) electrons. The lowest BCUT2D eigenvalue weighted by Crippen LogP contribution is -2.24. The molecule has 0 saturated heterocycles. The maximum atomic E-state index is 12.7. The van der Waals surface area contributed by atoms with Crippen LogP contribution in [0.5, 0.6) is 0 Å². The molecule has 0 heterocycles. The molecule has 3 heteroatoms. The molecular formula is C9H16F2O. The smallest absolute Gasteiger partial charge is 0.317 e. The Morgan fingerprint density at radius 1 is 1.58 bits per heavy atom. The van der Waals surface area contributed by atoms with E-state index >= 15 is 0 Å². The first kappa shape index (κ1) is 11.6. The minimum Gasteiger partial charge on any atom is -0.317 e. The van der Waals surface area contributed by atoms with Crippen molar-refractivity contribution in [3.8, 4) is 0 Å². The Morgan fingerprint density at radius 3 is 2.42 bits per heavy atom. The summed E-state index contributed by atoms with van der Waals surface area (Å²) in [4.78, 5) is 0. The quantitative estimate of drug-likeness (QED) is 0.587. The number of rotatable bonds is 5. The van der Waals surface area contributed by atoms with Gasteiger partial charge in [0.25, 0.3) is 0 Å². The monoisotopic (exact) mass is 178 g/mol. The van der Waals surface area contributed by atoms with Crippen molar-refractivity contribution in [2.75, 3.05) is 6.61 Å². The zero-order valence-corrected chi connectivity index (χ0v) is 7.86. The highest BCUT2D eigenvalue weighted by Crippen LogP contribution is 2.24. The molecule has 12 heavy (non-hydrogen) atoms. The summed E-state index contributed by atoms with van der Waals surface area (Å²) >= 11 is 0. The molecule has 1 nitrogen and oxygen atoms in total. The molecule has 1 atom stereocenters. The molecule has 0 N–H and O–H groups in total. The highest BCUT2D eigenvalue weighted by Gasteiger charge is 2.31. The molecule has 0 aromatic rings. The Morgan fingerprint density at radius 2 is 2.08 bits per heavy atom. The summed E-state index contributed by atoms with van der Waals surface area (Å²) in [7, 11) is 0. The molecule has 0 aromatic heterocycles. The molecule has 0 spiro atoms. The van der Waals surface area contributed by atoms with Crippen LogP contribution in [-0.4, -0.2) is 12.7 Å². The third kappa shape index (κ3) is 3.81. The van der Waals surface area contributed by atoms with Crippen LogP contribution in [0.3, 0.4) is 0 Å². The second-order valence-electron chi connectivity index (χ2n) is 3.12. The lowest BCUT2D eigenvalue weighted by Gasteiger charge is -2.18. The fourth-order valence-corrected chi connectivity index (χ4v) is 0.488. The van der Waals surface area contributed by atoms with E-state index in [1.807, 2.05) is 13.8 Å². The SMILES string of the molecule is C=C(C)C(F)(F)OCC(C)CC. The summed E-state index contributed by atoms with van der Waals surface area (Å²) in [5.41, 5.74) is -0.245. The van der Waals surface area contributed by atoms with Crippen molar-refractivity contribution >= 4 is 0 Å². The van der Waals surface area contributed by atoms with E-state index in [0.29, 0.717) is 0 Å². The zero-order valence-electron chi connectivity index (χ0n) is 7.86. The maximum absolute atomic E-state index is 12.7. The van der Waals surface area contributed by atoms with Gasteiger partial charge in [0.1, 0.15) is 0 Å². The van der Waals surface area contributed by atoms with E-state index in [1.54, 1.807) is 0 Å². The number of alkyl halides is 2. The third-order valence-corrected chi connectivity index (χ3v) is 1.74. The summed E-state index contributed by atoms with van der Waals surface area (Å²) in [5.74, 6) is 0.162. The van der Waals surface area contributed by atoms with Crippen molar-refractivity contribution in [2.45, 2.75) is 33.3 Å². The van der Waals surface area contributed by atoms with Gasteiger partial charge in [-0.3, -0.25) is 0 Å². The average molecular weight is 178 g/mol. The van der Waals surface area contributed by atoms with Gasteiger partial charge in [0.2, 0.25) is 0 Å². The van der Waals surface area contributed by atoms with Gasteiger partial charge >= 0.3 is 6.11 Å². The normalized spacial score (nSPS) is 14.4. The Bertz CT molecular complexity index is 155. The van der Waals surface area contributed by atoms with Gasteiger partial charge in [-0.1, -0.05) is 26.8 Å². The second kappa shape index (κ2) is 4.55. The van der Waals surface area contributed by atoms with Gasteiger partial charge in [0, 0.05) is 5.57 Å². The fraction of sp³-hybridized carbons (Fsp3) is 0.778. The van der Waals surface area contributed by atoms with Crippen LogP contribution in [0, 0.1) is 5.92 Å². The van der Waals surface area contributed by atoms with Crippen LogP contribution in [-0.2, 0) is 4.74 Å². The second-order valence-corrected chi connectivity index (χ2v) is 3.12. The summed E-state index contributed by atoms with van der Waals surface area (Å²) in [6.07, 6.45) is -2.32. The minimum atomic E-state index is -3.16. The van der Waals surface area contributed by atoms with Crippen LogP contribution < -0.4 is 0 Å². The van der Waals surface area contributed by atoms with Crippen molar-refractivity contribution in [1.29, 1.82) is 0 Å². The van der Waals surface area contributed by atoms with Crippen LogP contribution in [0.4, 0.5) is 8.78 Å². The highest BCUT2D eigenvalue weighted by atomic mass is 19.3. The highest BCUT2D eigenvalue weighted by molar-refractivity contribution is 4.97. The minimum absolute atomic E-state index is 0.0797. The first-order valence-corrected chi connectivity index (χ1v) is 4.08. The van der Waals surface area contributed by atoms with Crippen molar-refractivity contribution in [1.82, 2.24) is 0 Å². The summed E-state index contributed by atoms with van der Waals surface area (Å²) < 4.78 is 29.9. The molecule has 72 valence electrons. The lowest BCUT2D eigenvalue weighted by atomic mass is 10.1. The molecule has 0 fully saturated rings. The predicted molar refractivity (Wildman–Crippen MR) is 45.2 cm³/mol. The largest absolute Gasteiger partial charge is 0.378 e. The van der Waals surface area contributed by atoms with Crippen molar-refractivity contribution < 1.29 is 13.5 Å². The van der Waals surface area contributed by atoms with E-state index in [0.717, 1.165) is 6.42 Å². The summed E-state index contributed by atoms with van der Waals surface area (Å²) in [6.45, 7) is 8.30. The molecule has 0 aliphatic heterocycles. The molecule has 0 aliphatic carbocycles. The third-order valence-electron chi connectivity index (χ3n) is 1.74. The standard InChI is InChI=1S/C9H16F2O/c1-5-8(4)6-12-9(10,11)7(2)3/h8H,2,5-6H2,1,3-4H3. The van der Waals surface area contributed by atoms with Gasteiger partial charge in [-0.2, -0.15) is 8.78 Å². The maximum Gasteiger partial charge on any atom is 0.378 e. The average Bonchev–Trinajstić information content (AvgIpc) is 2.00. The first-order valence-electron chi connectivity index (χ1n) is 4.08. The number of hydrogen-bond donors (Lipinski definition) is 0. The van der Waals surface area contributed by atoms with Crippen LogP contribution in [0.1, 0.15) is 27.2 Å². The number of hydrogen-bond acceptors (Lipinski definition) is 1. The van der Waals surface area contributed by atoms with Gasteiger partial charge in [-0.25, -0.2) is 0 Å². The van der Waals surface area contributed by atoms with Gasteiger partial charge in [-0.05, 0) is 12.8 Å². The predicted octanol–water partition coefficient (Wildman–Crippen LogP) is 3.22. The summed E-state index contributed by atoms with van der Waals surface area (Å²) in [6, 6.07) is 0. The first-order chi connectivity index (χ1) is 5.40. The van der Waals surface area contributed by atoms with E-state index in [2.05, 4.69) is 11.3 Å². The van der Waals surface area contributed by atoms with E-state index in [-0.39, 0.29) is 18.1 Å². The molecule has 0 aliphatic rings. The van der Waals surface area contributed by atoms with Gasteiger partial charge in [0.15, 0.2) is 0 Å². The fourth-order valence-electron chi connectivity index (χ4n) is 0.488. The molecule has 0 aromatic carbocycles. The van der Waals surface area contributed by atoms with Crippen molar-refractivity contribution in [3.63, 3.8) is 0 Å². The number of halogens is 2. The Kier molecular flexibility index (Phi) is 4.39. The Hall–Kier alpha value is -0.440. The molecule has 0 rings (SSSR count). The van der Waals surface area contributed by atoms with E-state index in [4.69, 9.17) is 0 Å². The number of ether oxygens (including phenoxy) is 1. The van der Waals surface area contributed by atoms with Gasteiger partial charge < -0.3 is 4.74 Å². The van der Waals surface area contributed by atoms with Crippen LogP contribution in [0.15, 0.2) is 12.2 Å². The van der Waals surface area contributed by atoms with Crippen LogP contribution in [0.2, 0.25) is 0 Å². The van der Waals surface area contributed by atoms with Crippen LogP contribution >= 0.6 is 0 Å². The Labute approximate surface area is 72.4 Å². The lowest BCUT2D eigenvalue weighted by molar-refractivity contribution is -0.214. The molecule has 0 saturated carbocycles. The molecular weight excluding hydrogens is 162 g/mol. The van der Waals surface area contributed by atoms with E-state index in [1.165, 1.54) is 6.92 Å². The molecule has 0 amide bonds. The van der Waals surface area contributed by atoms with E-state index < -0.39 is 6.11 Å². The van der Waals surface area contributed by atoms with Crippen LogP contribution in [0.25, 0.3) is 0 Å². The van der Waals surface area contributed by atoms with Crippen molar-refractivity contribution in [2.24, 2.45) is 5.92 Å². The van der Waals surface area contributed by atoms with Gasteiger partial charge in [-0.15, -0.1) is 0 Å². The van der Waals surface area contributed by atoms with E-state index in [9.17, 15) is 8.78 Å². The Balaban J connectivity index is 3.83. The molecule has 1 unspecified atom stereocenters.